The van der Waals surface area contributed by atoms with E-state index in [2.05, 4.69) is 10.6 Å². The quantitative estimate of drug-likeness (QED) is 0.131. The number of aromatic hydroxyl groups is 2. The highest BCUT2D eigenvalue weighted by Crippen LogP contribution is 2.32. The number of nitrogens with one attached hydrogen (secondary N) is 2. The summed E-state index contributed by atoms with van der Waals surface area (Å²) >= 11 is 1.50. The molecule has 8 nitrogen and oxygen atoms in total. The third kappa shape index (κ3) is 5.51. The molecule has 4 aromatic rings. The fraction of sp³-hybridized carbons (Fsp3) is 0.0870. The van der Waals surface area contributed by atoms with Crippen LogP contribution in [0.25, 0.3) is 11.3 Å². The van der Waals surface area contributed by atoms with Gasteiger partial charge in [-0.25, -0.2) is 9.88 Å². The molecule has 0 spiro atoms. The molecule has 0 atom stereocenters. The van der Waals surface area contributed by atoms with Crippen LogP contribution in [-0.4, -0.2) is 21.7 Å². The minimum Gasteiger partial charge on any atom is -1.00 e. The number of halogens is 1. The number of phenolic OH excluding ortho intramolecular Hbond substituents is 2. The van der Waals surface area contributed by atoms with Crippen molar-refractivity contribution in [2.24, 2.45) is 0 Å². The number of benzene rings is 3. The molecule has 0 saturated carbocycles. The highest BCUT2D eigenvalue weighted by atomic mass is 35.5. The van der Waals surface area contributed by atoms with Gasteiger partial charge in [0, 0.05) is 17.0 Å². The van der Waals surface area contributed by atoms with Gasteiger partial charge in [-0.1, -0.05) is 41.7 Å². The van der Waals surface area contributed by atoms with Gasteiger partial charge in [-0.2, -0.15) is 0 Å². The third-order valence-corrected chi connectivity index (χ3v) is 5.75. The van der Waals surface area contributed by atoms with Gasteiger partial charge in [0.15, 0.2) is 11.5 Å². The number of thiazole rings is 1. The Balaban J connectivity index is 0.00000306. The summed E-state index contributed by atoms with van der Waals surface area (Å²) in [6.45, 7) is 0.939. The van der Waals surface area contributed by atoms with Crippen LogP contribution in [0.3, 0.4) is 0 Å². The first-order valence-electron chi connectivity index (χ1n) is 9.86. The van der Waals surface area contributed by atoms with Crippen molar-refractivity contribution in [1.82, 2.24) is 0 Å². The second-order valence-electron chi connectivity index (χ2n) is 6.97. The molecular formula is C23H21ClN4O4S. The van der Waals surface area contributed by atoms with E-state index < -0.39 is 4.92 Å². The Kier molecular flexibility index (Phi) is 7.70. The smallest absolute Gasteiger partial charge is 0.339 e. The average Bonchev–Trinajstić information content (AvgIpc) is 3.19. The molecule has 0 amide bonds. The maximum Gasteiger partial charge on any atom is 0.339 e. The molecular weight excluding hydrogens is 464 g/mol. The number of hydrogen-bond donors (Lipinski definition) is 4. The van der Waals surface area contributed by atoms with Crippen molar-refractivity contribution in [3.05, 3.63) is 88.3 Å². The molecule has 4 N–H and O–H groups in total. The minimum atomic E-state index is -0.410. The summed E-state index contributed by atoms with van der Waals surface area (Å²) in [6, 6.07) is 21.0. The Labute approximate surface area is 200 Å². The van der Waals surface area contributed by atoms with Gasteiger partial charge in [-0.15, -0.1) is 0 Å². The summed E-state index contributed by atoms with van der Waals surface area (Å²) in [5, 5.41) is 40.3. The van der Waals surface area contributed by atoms with Gasteiger partial charge in [0.25, 0.3) is 5.69 Å². The van der Waals surface area contributed by atoms with Crippen LogP contribution >= 0.6 is 11.3 Å². The van der Waals surface area contributed by atoms with Crippen molar-refractivity contribution in [3.63, 3.8) is 0 Å². The van der Waals surface area contributed by atoms with Crippen molar-refractivity contribution < 1.29 is 32.1 Å². The zero-order chi connectivity index (χ0) is 22.5. The van der Waals surface area contributed by atoms with E-state index in [1.807, 2.05) is 40.3 Å². The second-order valence-corrected chi connectivity index (χ2v) is 7.83. The highest BCUT2D eigenvalue weighted by molar-refractivity contribution is 7.13. The summed E-state index contributed by atoms with van der Waals surface area (Å²) in [7, 11) is 0. The van der Waals surface area contributed by atoms with Crippen molar-refractivity contribution >= 4 is 33.5 Å². The fourth-order valence-corrected chi connectivity index (χ4v) is 4.28. The highest BCUT2D eigenvalue weighted by Gasteiger charge is 2.21. The van der Waals surface area contributed by atoms with Crippen LogP contribution in [0.5, 0.6) is 11.5 Å². The molecule has 0 aliphatic rings. The molecule has 4 rings (SSSR count). The first kappa shape index (κ1) is 23.8. The van der Waals surface area contributed by atoms with E-state index in [0.717, 1.165) is 22.1 Å². The molecule has 0 aliphatic heterocycles. The number of rotatable bonds is 8. The standard InChI is InChI=1S/C23H20N4O4S.ClH/c28-21-11-10-16(14-22(21)29)20-15-32-23(25-17-6-2-1-3-7-17)26(20)13-12-24-18-8-4-5-9-19(18)27(30)31;/h1-11,14-15,24,28-29H,12-13H2;1H. The minimum absolute atomic E-state index is 0. The van der Waals surface area contributed by atoms with Crippen molar-refractivity contribution in [2.45, 2.75) is 6.54 Å². The van der Waals surface area contributed by atoms with Crippen molar-refractivity contribution in [1.29, 1.82) is 0 Å². The van der Waals surface area contributed by atoms with Crippen LogP contribution in [0.15, 0.2) is 78.2 Å². The number of hydrogen-bond acceptors (Lipinski definition) is 7. The SMILES string of the molecule is O=[N+]([O-])c1ccccc1NCC[n+]1c(-c2ccc(O)c(O)c2)csc1Nc1ccccc1.[Cl-]. The van der Waals surface area contributed by atoms with Gasteiger partial charge in [0.05, 0.1) is 11.5 Å². The van der Waals surface area contributed by atoms with E-state index in [1.165, 1.54) is 29.5 Å². The molecule has 33 heavy (non-hydrogen) atoms. The first-order chi connectivity index (χ1) is 15.5. The largest absolute Gasteiger partial charge is 1.00 e. The molecule has 3 aromatic carbocycles. The number of nitro benzene ring substituents is 1. The molecule has 0 radical (unpaired) electrons. The summed E-state index contributed by atoms with van der Waals surface area (Å²) in [4.78, 5) is 10.9. The Morgan fingerprint density at radius 3 is 2.42 bits per heavy atom. The molecule has 1 heterocycles. The van der Waals surface area contributed by atoms with Crippen molar-refractivity contribution in [2.75, 3.05) is 17.2 Å². The molecule has 10 heteroatoms. The normalized spacial score (nSPS) is 10.3. The zero-order valence-corrected chi connectivity index (χ0v) is 18.9. The summed E-state index contributed by atoms with van der Waals surface area (Å²) in [5.74, 6) is -0.382. The monoisotopic (exact) mass is 484 g/mol. The van der Waals surface area contributed by atoms with E-state index in [0.29, 0.717) is 18.8 Å². The summed E-state index contributed by atoms with van der Waals surface area (Å²) < 4.78 is 2.03. The number of para-hydroxylation sites is 3. The van der Waals surface area contributed by atoms with Crippen LogP contribution in [0.4, 0.5) is 22.2 Å². The van der Waals surface area contributed by atoms with E-state index in [-0.39, 0.29) is 29.6 Å². The summed E-state index contributed by atoms with van der Waals surface area (Å²) in [5.41, 5.74) is 2.98. The number of anilines is 3. The Morgan fingerprint density at radius 2 is 1.70 bits per heavy atom. The Bertz CT molecular complexity index is 1250. The number of nitrogens with zero attached hydrogens (tertiary/aromatic N) is 2. The van der Waals surface area contributed by atoms with Crippen LogP contribution in [0.2, 0.25) is 0 Å². The topological polar surface area (TPSA) is 112 Å². The van der Waals surface area contributed by atoms with E-state index >= 15 is 0 Å². The van der Waals surface area contributed by atoms with Gasteiger partial charge < -0.3 is 27.9 Å². The van der Waals surface area contributed by atoms with Gasteiger partial charge >= 0.3 is 5.13 Å². The van der Waals surface area contributed by atoms with Crippen LogP contribution in [0, 0.1) is 10.1 Å². The molecule has 0 aliphatic carbocycles. The van der Waals surface area contributed by atoms with Crippen LogP contribution in [-0.2, 0) is 6.54 Å². The van der Waals surface area contributed by atoms with E-state index in [1.54, 1.807) is 24.3 Å². The molecule has 0 saturated heterocycles. The van der Waals surface area contributed by atoms with Crippen LogP contribution in [0.1, 0.15) is 0 Å². The molecule has 0 unspecified atom stereocenters. The predicted octanol–water partition coefficient (Wildman–Crippen LogP) is 1.88. The van der Waals surface area contributed by atoms with E-state index in [9.17, 15) is 20.3 Å². The predicted molar refractivity (Wildman–Crippen MR) is 125 cm³/mol. The molecule has 0 fully saturated rings. The lowest BCUT2D eigenvalue weighted by Gasteiger charge is -2.09. The van der Waals surface area contributed by atoms with Gasteiger partial charge in [-0.05, 0) is 36.4 Å². The Hall–Kier alpha value is -3.82. The fourth-order valence-electron chi connectivity index (χ4n) is 3.30. The average molecular weight is 485 g/mol. The van der Waals surface area contributed by atoms with Gasteiger partial charge in [0.2, 0.25) is 0 Å². The number of aromatic nitrogens is 1. The molecule has 170 valence electrons. The second kappa shape index (κ2) is 10.7. The zero-order valence-electron chi connectivity index (χ0n) is 17.3. The van der Waals surface area contributed by atoms with Gasteiger partial charge in [-0.3, -0.25) is 10.1 Å². The maximum absolute atomic E-state index is 11.3. The van der Waals surface area contributed by atoms with E-state index in [4.69, 9.17) is 0 Å². The lowest BCUT2D eigenvalue weighted by Crippen LogP contribution is -3.00. The van der Waals surface area contributed by atoms with Crippen LogP contribution < -0.4 is 27.6 Å². The molecule has 0 bridgehead atoms. The third-order valence-electron chi connectivity index (χ3n) is 4.87. The Morgan fingerprint density at radius 1 is 0.970 bits per heavy atom. The first-order valence-corrected chi connectivity index (χ1v) is 10.7. The van der Waals surface area contributed by atoms with Gasteiger partial charge in [0.1, 0.15) is 23.6 Å². The lowest BCUT2D eigenvalue weighted by atomic mass is 10.1. The lowest BCUT2D eigenvalue weighted by molar-refractivity contribution is -0.665. The van der Waals surface area contributed by atoms with Crippen molar-refractivity contribution in [3.8, 4) is 22.8 Å². The number of phenols is 2. The molecule has 1 aromatic heterocycles. The number of nitro groups is 1. The summed E-state index contributed by atoms with van der Waals surface area (Å²) in [6.07, 6.45) is 0. The maximum atomic E-state index is 11.3.